The minimum Gasteiger partial charge on any atom is -0.492 e. The average Bonchev–Trinajstić information content (AvgIpc) is 2.92. The fraction of sp³-hybridized carbons (Fsp3) is 0.0588. The third-order valence-corrected chi connectivity index (χ3v) is 3.96. The van der Waals surface area contributed by atoms with Crippen molar-refractivity contribution in [2.75, 3.05) is 10.0 Å². The molecule has 0 aromatic heterocycles. The van der Waals surface area contributed by atoms with Crippen LogP contribution >= 0.6 is 0 Å². The smallest absolute Gasteiger partial charge is 0.492 e. The summed E-state index contributed by atoms with van der Waals surface area (Å²) in [5.41, 5.74) is 11.9. The molecule has 0 unspecified atom stereocenters. The second-order valence-corrected chi connectivity index (χ2v) is 5.64. The molecule has 0 saturated heterocycles. The number of ether oxygens (including phenoxy) is 1. The van der Waals surface area contributed by atoms with Gasteiger partial charge < -0.3 is 15.6 Å². The fourth-order valence-corrected chi connectivity index (χ4v) is 2.84. The first-order valence-electron chi connectivity index (χ1n) is 7.56. The minimum absolute atomic E-state index is 0.132. The Morgan fingerprint density at radius 1 is 1.00 bits per heavy atom. The fourth-order valence-electron chi connectivity index (χ4n) is 2.84. The van der Waals surface area contributed by atoms with Crippen molar-refractivity contribution in [3.63, 3.8) is 0 Å². The monoisotopic (exact) mass is 362 g/mol. The summed E-state index contributed by atoms with van der Waals surface area (Å²) in [5, 5.41) is 13.5. The van der Waals surface area contributed by atoms with Gasteiger partial charge in [0.15, 0.2) is 0 Å². The molecule has 0 bridgehead atoms. The van der Waals surface area contributed by atoms with Gasteiger partial charge in [0.2, 0.25) is 5.88 Å². The molecule has 0 atom stereocenters. The van der Waals surface area contributed by atoms with Crippen molar-refractivity contribution >= 4 is 17.1 Å². The van der Waals surface area contributed by atoms with Crippen molar-refractivity contribution in [2.24, 2.45) is 5.73 Å². The van der Waals surface area contributed by atoms with E-state index in [1.807, 2.05) is 24.3 Å². The maximum Gasteiger partial charge on any atom is 0.573 e. The molecule has 0 amide bonds. The van der Waals surface area contributed by atoms with Crippen LogP contribution in [0.3, 0.4) is 0 Å². The van der Waals surface area contributed by atoms with Gasteiger partial charge in [0.25, 0.3) is 0 Å². The van der Waals surface area contributed by atoms with E-state index in [-0.39, 0.29) is 11.6 Å². The van der Waals surface area contributed by atoms with E-state index in [0.29, 0.717) is 17.1 Å². The van der Waals surface area contributed by atoms with E-state index in [9.17, 15) is 18.3 Å². The predicted molar refractivity (Wildman–Crippen MR) is 89.5 cm³/mol. The van der Waals surface area contributed by atoms with Crippen LogP contribution in [-0.4, -0.2) is 11.5 Å². The summed E-state index contributed by atoms with van der Waals surface area (Å²) in [7, 11) is 0. The molecule has 0 radical (unpaired) electrons. The number of halogens is 3. The Balaban J connectivity index is 1.65. The number of nitrogens with zero attached hydrogens (tertiary/aromatic N) is 2. The van der Waals surface area contributed by atoms with Crippen molar-refractivity contribution in [1.29, 1.82) is 0 Å². The van der Waals surface area contributed by atoms with E-state index in [4.69, 9.17) is 5.73 Å². The van der Waals surface area contributed by atoms with Gasteiger partial charge in [-0.2, -0.15) is 0 Å². The number of alkyl halides is 3. The lowest BCUT2D eigenvalue weighted by molar-refractivity contribution is -0.274. The summed E-state index contributed by atoms with van der Waals surface area (Å²) in [6, 6.07) is 12.5. The zero-order chi connectivity index (χ0) is 18.5. The highest BCUT2D eigenvalue weighted by atomic mass is 19.4. The van der Waals surface area contributed by atoms with Crippen LogP contribution in [0.5, 0.6) is 5.75 Å². The maximum atomic E-state index is 12.3. The quantitative estimate of drug-likeness (QED) is 0.761. The first-order valence-corrected chi connectivity index (χ1v) is 7.56. The minimum atomic E-state index is -4.76. The van der Waals surface area contributed by atoms with Crippen molar-refractivity contribution in [2.45, 2.75) is 6.36 Å². The topological polar surface area (TPSA) is 74.0 Å². The Morgan fingerprint density at radius 2 is 1.69 bits per heavy atom. The molecule has 4 rings (SSSR count). The SMILES string of the molecule is NC1=CC2=C(O)N(c3ccc(OC(F)(F)F)cc3)NN2c2ccccc21. The summed E-state index contributed by atoms with van der Waals surface area (Å²) in [6.07, 6.45) is -3.14. The van der Waals surface area contributed by atoms with Crippen LogP contribution in [-0.2, 0) is 0 Å². The zero-order valence-electron chi connectivity index (χ0n) is 13.2. The Morgan fingerprint density at radius 3 is 2.38 bits per heavy atom. The van der Waals surface area contributed by atoms with Gasteiger partial charge in [0.05, 0.1) is 11.4 Å². The van der Waals surface area contributed by atoms with Gasteiger partial charge in [-0.3, -0.25) is 5.01 Å². The Kier molecular flexibility index (Phi) is 3.48. The maximum absolute atomic E-state index is 12.3. The van der Waals surface area contributed by atoms with Gasteiger partial charge in [0.1, 0.15) is 11.4 Å². The van der Waals surface area contributed by atoms with Crippen LogP contribution in [0.2, 0.25) is 0 Å². The number of benzene rings is 2. The van der Waals surface area contributed by atoms with Crippen LogP contribution in [0.1, 0.15) is 5.56 Å². The molecular formula is C17H13F3N4O2. The number of rotatable bonds is 2. The van der Waals surface area contributed by atoms with Crippen LogP contribution in [0.25, 0.3) is 5.70 Å². The first-order chi connectivity index (χ1) is 12.3. The summed E-state index contributed by atoms with van der Waals surface area (Å²) < 4.78 is 40.6. The Bertz CT molecular complexity index is 922. The first kappa shape index (κ1) is 16.2. The molecule has 2 aromatic carbocycles. The van der Waals surface area contributed by atoms with Crippen molar-refractivity contribution in [3.8, 4) is 5.75 Å². The highest BCUT2D eigenvalue weighted by Gasteiger charge is 2.34. The van der Waals surface area contributed by atoms with E-state index < -0.39 is 6.36 Å². The van der Waals surface area contributed by atoms with E-state index >= 15 is 0 Å². The predicted octanol–water partition coefficient (Wildman–Crippen LogP) is 3.37. The number of nitrogens with one attached hydrogen (secondary N) is 1. The second kappa shape index (κ2) is 5.60. The lowest BCUT2D eigenvalue weighted by atomic mass is 10.0. The summed E-state index contributed by atoms with van der Waals surface area (Å²) in [6.45, 7) is 0. The lowest BCUT2D eigenvalue weighted by Crippen LogP contribution is -2.42. The molecule has 0 spiro atoms. The third kappa shape index (κ3) is 2.68. The van der Waals surface area contributed by atoms with E-state index in [0.717, 1.165) is 23.4 Å². The molecule has 0 saturated carbocycles. The van der Waals surface area contributed by atoms with Gasteiger partial charge in [0, 0.05) is 11.3 Å². The number of aliphatic hydroxyl groups is 1. The molecule has 0 fully saturated rings. The molecule has 134 valence electrons. The number of hydrazine groups is 2. The van der Waals surface area contributed by atoms with Crippen molar-refractivity contribution in [1.82, 2.24) is 5.53 Å². The number of hydrogen-bond donors (Lipinski definition) is 3. The summed E-state index contributed by atoms with van der Waals surface area (Å²) in [4.78, 5) is 0. The highest BCUT2D eigenvalue weighted by Crippen LogP contribution is 2.38. The van der Waals surface area contributed by atoms with Crippen molar-refractivity contribution < 1.29 is 23.0 Å². The zero-order valence-corrected chi connectivity index (χ0v) is 13.2. The van der Waals surface area contributed by atoms with Crippen LogP contribution in [0.15, 0.2) is 66.2 Å². The number of nitrogens with two attached hydrogens (primary N) is 1. The number of anilines is 2. The van der Waals surface area contributed by atoms with Crippen molar-refractivity contribution in [3.05, 3.63) is 71.8 Å². The standard InChI is InChI=1S/C17H13F3N4O2/c18-17(19,20)26-11-7-5-10(6-8-11)23-16(25)15-9-13(21)12-3-1-2-4-14(12)24(15)22-23/h1-9,22,25H,21H2. The largest absolute Gasteiger partial charge is 0.573 e. The number of para-hydroxylation sites is 1. The van der Waals surface area contributed by atoms with E-state index in [1.54, 1.807) is 11.1 Å². The molecule has 2 heterocycles. The summed E-state index contributed by atoms with van der Waals surface area (Å²) in [5.74, 6) is -0.480. The molecule has 2 aromatic rings. The average molecular weight is 362 g/mol. The van der Waals surface area contributed by atoms with Gasteiger partial charge in [-0.25, -0.2) is 5.01 Å². The Labute approximate surface area is 146 Å². The molecule has 9 heteroatoms. The van der Waals surface area contributed by atoms with Gasteiger partial charge in [-0.05, 0) is 36.4 Å². The Hall–Kier alpha value is -3.33. The molecule has 26 heavy (non-hydrogen) atoms. The molecule has 2 aliphatic rings. The van der Waals surface area contributed by atoms with Crippen LogP contribution in [0, 0.1) is 0 Å². The number of fused-ring (bicyclic) bond motifs is 3. The molecule has 0 aliphatic carbocycles. The number of hydrogen-bond acceptors (Lipinski definition) is 6. The highest BCUT2D eigenvalue weighted by molar-refractivity contribution is 5.84. The summed E-state index contributed by atoms with van der Waals surface area (Å²) >= 11 is 0. The third-order valence-electron chi connectivity index (χ3n) is 3.96. The lowest BCUT2D eigenvalue weighted by Gasteiger charge is -2.28. The van der Waals surface area contributed by atoms with E-state index in [2.05, 4.69) is 10.3 Å². The van der Waals surface area contributed by atoms with Crippen LogP contribution < -0.4 is 26.0 Å². The van der Waals surface area contributed by atoms with E-state index in [1.165, 1.54) is 17.1 Å². The second-order valence-electron chi connectivity index (χ2n) is 5.64. The number of aliphatic hydroxyl groups excluding tert-OH is 1. The van der Waals surface area contributed by atoms with Gasteiger partial charge >= 0.3 is 6.36 Å². The normalized spacial score (nSPS) is 16.3. The molecular weight excluding hydrogens is 349 g/mol. The number of allylic oxidation sites excluding steroid dienone is 1. The van der Waals surface area contributed by atoms with Gasteiger partial charge in [-0.1, -0.05) is 18.2 Å². The van der Waals surface area contributed by atoms with Gasteiger partial charge in [-0.15, -0.1) is 18.7 Å². The van der Waals surface area contributed by atoms with Crippen LogP contribution in [0.4, 0.5) is 24.5 Å². The molecule has 2 aliphatic heterocycles. The molecule has 4 N–H and O–H groups in total. The molecule has 6 nitrogen and oxygen atoms in total.